The summed E-state index contributed by atoms with van der Waals surface area (Å²) in [5.74, 6) is -4.87. The van der Waals surface area contributed by atoms with Crippen LogP contribution in [-0.4, -0.2) is 72.7 Å². The van der Waals surface area contributed by atoms with Crippen LogP contribution in [0.3, 0.4) is 0 Å². The van der Waals surface area contributed by atoms with E-state index in [4.69, 9.17) is 10.5 Å². The zero-order valence-corrected chi connectivity index (χ0v) is 29.3. The van der Waals surface area contributed by atoms with Crippen LogP contribution in [-0.2, 0) is 33.5 Å². The number of primary amides is 1. The summed E-state index contributed by atoms with van der Waals surface area (Å²) in [5, 5.41) is 12.8. The summed E-state index contributed by atoms with van der Waals surface area (Å²) in [6.07, 6.45) is 4.42. The van der Waals surface area contributed by atoms with Gasteiger partial charge in [-0.25, -0.2) is 4.79 Å². The molecule has 1 aromatic carbocycles. The molecule has 1 aliphatic carbocycles. The van der Waals surface area contributed by atoms with Gasteiger partial charge in [-0.2, -0.15) is 0 Å². The fourth-order valence-electron chi connectivity index (χ4n) is 5.65. The molecular weight excluding hydrogens is 632 g/mol. The third kappa shape index (κ3) is 14.3. The van der Waals surface area contributed by atoms with Gasteiger partial charge in [0.05, 0.1) is 19.2 Å². The topological polar surface area (TPSA) is 215 Å². The van der Waals surface area contributed by atoms with Crippen LogP contribution in [0, 0.1) is 17.8 Å². The van der Waals surface area contributed by atoms with Gasteiger partial charge in [-0.3, -0.25) is 28.8 Å². The van der Waals surface area contributed by atoms with Gasteiger partial charge in [-0.05, 0) is 49.0 Å². The van der Waals surface area contributed by atoms with E-state index >= 15 is 0 Å². The highest BCUT2D eigenvalue weighted by molar-refractivity contribution is 6.38. The van der Waals surface area contributed by atoms with Crippen molar-refractivity contribution in [3.63, 3.8) is 0 Å². The number of hydrogen-bond donors (Lipinski definition) is 6. The summed E-state index contributed by atoms with van der Waals surface area (Å²) >= 11 is 0. The molecule has 0 aromatic heterocycles. The van der Waals surface area contributed by atoms with E-state index in [1.807, 2.05) is 27.7 Å². The first-order valence-electron chi connectivity index (χ1n) is 17.2. The number of carbonyl (C=O) groups is 7. The van der Waals surface area contributed by atoms with Crippen molar-refractivity contribution in [2.75, 3.05) is 13.2 Å². The van der Waals surface area contributed by atoms with Crippen molar-refractivity contribution in [2.24, 2.45) is 23.5 Å². The van der Waals surface area contributed by atoms with Crippen molar-refractivity contribution >= 4 is 41.4 Å². The summed E-state index contributed by atoms with van der Waals surface area (Å²) in [6, 6.07) is 3.97. The van der Waals surface area contributed by atoms with Crippen molar-refractivity contribution in [3.8, 4) is 0 Å². The molecule has 272 valence electrons. The van der Waals surface area contributed by atoms with E-state index in [0.717, 1.165) is 32.1 Å². The Hall–Kier alpha value is -4.49. The summed E-state index contributed by atoms with van der Waals surface area (Å²) in [4.78, 5) is 90.3. The van der Waals surface area contributed by atoms with Crippen LogP contribution in [0.4, 0.5) is 4.79 Å². The third-order valence-electron chi connectivity index (χ3n) is 8.13. The molecule has 1 saturated carbocycles. The minimum Gasteiger partial charge on any atom is -0.449 e. The maximum atomic E-state index is 13.7. The number of ketones is 1. The molecule has 7 N–H and O–H groups in total. The van der Waals surface area contributed by atoms with Crippen molar-refractivity contribution in [1.29, 1.82) is 0 Å². The highest BCUT2D eigenvalue weighted by Crippen LogP contribution is 2.27. The molecule has 0 heterocycles. The second kappa shape index (κ2) is 20.8. The highest BCUT2D eigenvalue weighted by Gasteiger charge is 2.35. The van der Waals surface area contributed by atoms with Gasteiger partial charge >= 0.3 is 6.09 Å². The molecule has 0 saturated heterocycles. The van der Waals surface area contributed by atoms with Gasteiger partial charge < -0.3 is 37.1 Å². The van der Waals surface area contributed by atoms with Gasteiger partial charge in [0.25, 0.3) is 5.91 Å². The van der Waals surface area contributed by atoms with Crippen LogP contribution in [0.5, 0.6) is 0 Å². The number of carbonyl (C=O) groups excluding carboxylic acids is 7. The van der Waals surface area contributed by atoms with Crippen molar-refractivity contribution in [2.45, 2.75) is 110 Å². The number of benzene rings is 1. The Balaban J connectivity index is 2.10. The fraction of sp³-hybridized carbons (Fsp3) is 0.629. The van der Waals surface area contributed by atoms with Crippen molar-refractivity contribution in [3.05, 3.63) is 35.9 Å². The quantitative estimate of drug-likeness (QED) is 0.118. The number of nitrogens with one attached hydrogen (secondary N) is 5. The number of ether oxygens (including phenoxy) is 1. The lowest BCUT2D eigenvalue weighted by molar-refractivity contribution is -0.141. The zero-order valence-electron chi connectivity index (χ0n) is 29.3. The highest BCUT2D eigenvalue weighted by atomic mass is 16.5. The number of rotatable bonds is 19. The van der Waals surface area contributed by atoms with Gasteiger partial charge in [0.2, 0.25) is 29.4 Å². The molecule has 2 rings (SSSR count). The minimum absolute atomic E-state index is 0.0320. The van der Waals surface area contributed by atoms with E-state index in [0.29, 0.717) is 12.0 Å². The van der Waals surface area contributed by atoms with E-state index in [1.54, 1.807) is 37.3 Å². The molecule has 0 aliphatic heterocycles. The zero-order chi connectivity index (χ0) is 36.5. The van der Waals surface area contributed by atoms with Crippen molar-refractivity contribution < 1.29 is 38.3 Å². The second-order valence-electron chi connectivity index (χ2n) is 13.4. The van der Waals surface area contributed by atoms with E-state index in [2.05, 4.69) is 26.6 Å². The number of hydrogen-bond acceptors (Lipinski definition) is 8. The predicted molar refractivity (Wildman–Crippen MR) is 182 cm³/mol. The molecule has 0 spiro atoms. The SMILES string of the molecule is CCC[C@H](NC(=O)[C@H](CC(C)C)NC(=O)[C@@H](NC(=O)OCC(C)C)C1CCCCC1)C(=O)C(=O)NCC(=O)N[C@H](C(N)=O)c1ccccc1. The molecule has 14 heteroatoms. The maximum absolute atomic E-state index is 13.7. The Bertz CT molecular complexity index is 1280. The van der Waals surface area contributed by atoms with Crippen LogP contribution in [0.25, 0.3) is 0 Å². The predicted octanol–water partition coefficient (Wildman–Crippen LogP) is 2.16. The summed E-state index contributed by atoms with van der Waals surface area (Å²) < 4.78 is 5.27. The van der Waals surface area contributed by atoms with Gasteiger partial charge in [0.15, 0.2) is 0 Å². The Kier molecular flexibility index (Phi) is 17.3. The largest absolute Gasteiger partial charge is 0.449 e. The third-order valence-corrected chi connectivity index (χ3v) is 8.13. The minimum atomic E-state index is -1.23. The van der Waals surface area contributed by atoms with E-state index < -0.39 is 72.1 Å². The molecule has 0 unspecified atom stereocenters. The molecule has 14 nitrogen and oxygen atoms in total. The molecular formula is C35H54N6O8. The Morgan fingerprint density at radius 2 is 1.45 bits per heavy atom. The van der Waals surface area contributed by atoms with Crippen molar-refractivity contribution in [1.82, 2.24) is 26.6 Å². The van der Waals surface area contributed by atoms with E-state index in [-0.39, 0.29) is 37.2 Å². The Morgan fingerprint density at radius 3 is 2.02 bits per heavy atom. The molecule has 1 aliphatic rings. The number of amides is 6. The second-order valence-corrected chi connectivity index (χ2v) is 13.4. The summed E-state index contributed by atoms with van der Waals surface area (Å²) in [7, 11) is 0. The lowest BCUT2D eigenvalue weighted by Gasteiger charge is -2.31. The average molecular weight is 687 g/mol. The van der Waals surface area contributed by atoms with Crippen LogP contribution in [0.1, 0.15) is 97.6 Å². The monoisotopic (exact) mass is 686 g/mol. The molecule has 0 radical (unpaired) electrons. The fourth-order valence-corrected chi connectivity index (χ4v) is 5.65. The molecule has 1 aromatic rings. The number of Topliss-reactive ketones (excluding diaryl/α,β-unsaturated/α-hetero) is 1. The molecule has 0 bridgehead atoms. The van der Waals surface area contributed by atoms with Gasteiger partial charge in [0.1, 0.15) is 18.1 Å². The van der Waals surface area contributed by atoms with Crippen LogP contribution < -0.4 is 32.3 Å². The number of nitrogens with two attached hydrogens (primary N) is 1. The first kappa shape index (κ1) is 40.7. The maximum Gasteiger partial charge on any atom is 0.407 e. The number of alkyl carbamates (subject to hydrolysis) is 1. The molecule has 1 fully saturated rings. The first-order valence-corrected chi connectivity index (χ1v) is 17.2. The lowest BCUT2D eigenvalue weighted by atomic mass is 9.83. The summed E-state index contributed by atoms with van der Waals surface area (Å²) in [5.41, 5.74) is 5.89. The smallest absolute Gasteiger partial charge is 0.407 e. The van der Waals surface area contributed by atoms with Gasteiger partial charge in [-0.15, -0.1) is 0 Å². The standard InChI is InChI=1S/C35H54N6O8/c1-6-13-25(30(43)34(47)37-19-27(42)40-28(31(36)44)23-14-9-7-10-15-23)38-32(45)26(18-21(2)3)39-33(46)29(24-16-11-8-12-17-24)41-35(48)49-20-22(4)5/h7,9-10,14-15,21-22,24-26,28-29H,6,8,11-13,16-20H2,1-5H3,(H2,36,44)(H,37,47)(H,38,45)(H,39,46)(H,40,42)(H,41,48)/t25-,26-,28-,29-/m0/s1. The lowest BCUT2D eigenvalue weighted by Crippen LogP contribution is -2.58. The molecule has 49 heavy (non-hydrogen) atoms. The average Bonchev–Trinajstić information content (AvgIpc) is 3.07. The van der Waals surface area contributed by atoms with E-state index in [1.165, 1.54) is 0 Å². The molecule has 4 atom stereocenters. The van der Waals surface area contributed by atoms with Crippen LogP contribution in [0.2, 0.25) is 0 Å². The van der Waals surface area contributed by atoms with E-state index in [9.17, 15) is 33.6 Å². The summed E-state index contributed by atoms with van der Waals surface area (Å²) in [6.45, 7) is 8.90. The van der Waals surface area contributed by atoms with Gasteiger partial charge in [0, 0.05) is 0 Å². The van der Waals surface area contributed by atoms with Crippen LogP contribution >= 0.6 is 0 Å². The van der Waals surface area contributed by atoms with Crippen LogP contribution in [0.15, 0.2) is 30.3 Å². The van der Waals surface area contributed by atoms with Gasteiger partial charge in [-0.1, -0.05) is 90.6 Å². The Morgan fingerprint density at radius 1 is 0.816 bits per heavy atom. The Labute approximate surface area is 288 Å². The molecule has 6 amide bonds. The first-order chi connectivity index (χ1) is 23.2. The normalized spacial score (nSPS) is 15.7.